The summed E-state index contributed by atoms with van der Waals surface area (Å²) in [7, 11) is 1.56. The number of carboxylic acid groups (broad SMARTS) is 1. The van der Waals surface area contributed by atoms with E-state index in [0.717, 1.165) is 4.80 Å². The van der Waals surface area contributed by atoms with Crippen molar-refractivity contribution in [3.63, 3.8) is 0 Å². The van der Waals surface area contributed by atoms with Crippen molar-refractivity contribution in [1.29, 1.82) is 0 Å². The molecule has 0 fully saturated rings. The molecular weight excluding hydrogens is 224 g/mol. The van der Waals surface area contributed by atoms with Gasteiger partial charge in [-0.25, -0.2) is 0 Å². The van der Waals surface area contributed by atoms with E-state index >= 15 is 0 Å². The van der Waals surface area contributed by atoms with Gasteiger partial charge in [0.25, 0.3) is 0 Å². The smallest absolute Gasteiger partial charge is 0.205 e. The maximum atomic E-state index is 10.4. The number of carbonyl (C=O) groups excluding carboxylic acids is 1. The molecule has 0 N–H and O–H groups in total. The largest absolute Gasteiger partial charge is 0.548 e. The van der Waals surface area contributed by atoms with Crippen molar-refractivity contribution in [3.05, 3.63) is 24.3 Å². The third kappa shape index (κ3) is 2.57. The molecule has 7 heteroatoms. The Labute approximate surface area is 96.6 Å². The van der Waals surface area contributed by atoms with Gasteiger partial charge in [-0.15, -0.1) is 10.2 Å². The summed E-state index contributed by atoms with van der Waals surface area (Å²) in [6.45, 7) is -0.420. The molecule has 0 saturated heterocycles. The molecule has 0 radical (unpaired) electrons. The predicted molar refractivity (Wildman–Crippen MR) is 54.8 cm³/mol. The molecule has 0 aliphatic heterocycles. The Kier molecular flexibility index (Phi) is 2.99. The van der Waals surface area contributed by atoms with Gasteiger partial charge in [-0.05, 0) is 17.3 Å². The third-order valence-electron chi connectivity index (χ3n) is 2.05. The highest BCUT2D eigenvalue weighted by Gasteiger charge is 2.06. The number of aromatic nitrogens is 4. The number of hydrogen-bond acceptors (Lipinski definition) is 6. The van der Waals surface area contributed by atoms with Crippen LogP contribution in [0.5, 0.6) is 5.75 Å². The van der Waals surface area contributed by atoms with Crippen LogP contribution in [-0.2, 0) is 11.3 Å². The van der Waals surface area contributed by atoms with E-state index in [4.69, 9.17) is 4.74 Å². The molecule has 0 unspecified atom stereocenters. The first kappa shape index (κ1) is 11.1. The molecule has 88 valence electrons. The van der Waals surface area contributed by atoms with Crippen molar-refractivity contribution in [3.8, 4) is 17.1 Å². The van der Waals surface area contributed by atoms with Crippen molar-refractivity contribution in [2.24, 2.45) is 0 Å². The van der Waals surface area contributed by atoms with Gasteiger partial charge in [-0.3, -0.25) is 0 Å². The average molecular weight is 233 g/mol. The number of carbonyl (C=O) groups is 1. The Morgan fingerprint density at radius 2 is 2.35 bits per heavy atom. The second kappa shape index (κ2) is 4.60. The minimum Gasteiger partial charge on any atom is -0.548 e. The van der Waals surface area contributed by atoms with Crippen molar-refractivity contribution in [1.82, 2.24) is 20.2 Å². The minimum atomic E-state index is -1.26. The zero-order chi connectivity index (χ0) is 12.3. The quantitative estimate of drug-likeness (QED) is 0.679. The van der Waals surface area contributed by atoms with Gasteiger partial charge in [0.1, 0.15) is 12.3 Å². The summed E-state index contributed by atoms with van der Waals surface area (Å²) in [5.41, 5.74) is 0.703. The summed E-state index contributed by atoms with van der Waals surface area (Å²) in [5, 5.41) is 21.6. The summed E-state index contributed by atoms with van der Waals surface area (Å²) in [6, 6.07) is 7.09. The summed E-state index contributed by atoms with van der Waals surface area (Å²) < 4.78 is 5.06. The Morgan fingerprint density at radius 1 is 1.53 bits per heavy atom. The zero-order valence-corrected chi connectivity index (χ0v) is 9.03. The van der Waals surface area contributed by atoms with Gasteiger partial charge in [-0.1, -0.05) is 12.1 Å². The lowest BCUT2D eigenvalue weighted by molar-refractivity contribution is -0.307. The number of rotatable bonds is 4. The van der Waals surface area contributed by atoms with Gasteiger partial charge in [0.2, 0.25) is 5.82 Å². The monoisotopic (exact) mass is 233 g/mol. The number of carboxylic acids is 1. The molecule has 2 aromatic rings. The lowest BCUT2D eigenvalue weighted by Gasteiger charge is -2.00. The minimum absolute atomic E-state index is 0.338. The van der Waals surface area contributed by atoms with E-state index in [-0.39, 0.29) is 0 Å². The van der Waals surface area contributed by atoms with Crippen LogP contribution >= 0.6 is 0 Å². The van der Waals surface area contributed by atoms with Gasteiger partial charge >= 0.3 is 0 Å². The van der Waals surface area contributed by atoms with Crippen LogP contribution in [0.3, 0.4) is 0 Å². The summed E-state index contributed by atoms with van der Waals surface area (Å²) in [6.07, 6.45) is 0. The first-order chi connectivity index (χ1) is 8.19. The highest BCUT2D eigenvalue weighted by Crippen LogP contribution is 2.19. The van der Waals surface area contributed by atoms with Gasteiger partial charge < -0.3 is 14.6 Å². The molecule has 0 aliphatic rings. The molecule has 2 rings (SSSR count). The predicted octanol–water partition coefficient (Wildman–Crippen LogP) is -0.901. The molecule has 0 bridgehead atoms. The number of ether oxygens (including phenoxy) is 1. The van der Waals surface area contributed by atoms with Crippen molar-refractivity contribution in [2.75, 3.05) is 7.11 Å². The molecule has 1 aromatic carbocycles. The average Bonchev–Trinajstić information content (AvgIpc) is 2.77. The normalized spacial score (nSPS) is 10.2. The van der Waals surface area contributed by atoms with Crippen molar-refractivity contribution in [2.45, 2.75) is 6.54 Å². The van der Waals surface area contributed by atoms with E-state index in [0.29, 0.717) is 17.1 Å². The second-order valence-corrected chi connectivity index (χ2v) is 3.25. The van der Waals surface area contributed by atoms with Crippen LogP contribution in [0.15, 0.2) is 24.3 Å². The molecule has 0 amide bonds. The van der Waals surface area contributed by atoms with E-state index in [1.165, 1.54) is 0 Å². The Balaban J connectivity index is 2.26. The van der Waals surface area contributed by atoms with E-state index in [2.05, 4.69) is 15.4 Å². The molecule has 17 heavy (non-hydrogen) atoms. The lowest BCUT2D eigenvalue weighted by atomic mass is 10.2. The number of benzene rings is 1. The lowest BCUT2D eigenvalue weighted by Crippen LogP contribution is -2.28. The molecule has 1 aromatic heterocycles. The Hall–Kier alpha value is -2.44. The zero-order valence-electron chi connectivity index (χ0n) is 9.03. The van der Waals surface area contributed by atoms with Crippen LogP contribution in [0.25, 0.3) is 11.4 Å². The fraction of sp³-hybridized carbons (Fsp3) is 0.200. The van der Waals surface area contributed by atoms with Crippen LogP contribution in [0.1, 0.15) is 0 Å². The van der Waals surface area contributed by atoms with Gasteiger partial charge in [0, 0.05) is 5.56 Å². The number of aliphatic carboxylic acids is 1. The Bertz CT molecular complexity index is 538. The van der Waals surface area contributed by atoms with E-state index < -0.39 is 12.5 Å². The van der Waals surface area contributed by atoms with E-state index in [1.807, 2.05) is 0 Å². The fourth-order valence-corrected chi connectivity index (χ4v) is 1.30. The van der Waals surface area contributed by atoms with Crippen LogP contribution in [0.4, 0.5) is 0 Å². The molecule has 0 aliphatic carbocycles. The second-order valence-electron chi connectivity index (χ2n) is 3.25. The summed E-state index contributed by atoms with van der Waals surface area (Å²) in [4.78, 5) is 11.3. The van der Waals surface area contributed by atoms with Crippen molar-refractivity contribution >= 4 is 5.97 Å². The molecule has 1 heterocycles. The van der Waals surface area contributed by atoms with Gasteiger partial charge in [0.05, 0.1) is 13.1 Å². The number of hydrogen-bond donors (Lipinski definition) is 0. The van der Waals surface area contributed by atoms with Gasteiger partial charge in [0.15, 0.2) is 0 Å². The van der Waals surface area contributed by atoms with Crippen molar-refractivity contribution < 1.29 is 14.6 Å². The SMILES string of the molecule is COc1cccc(-c2nnn(CC(=O)[O-])n2)c1. The molecule has 0 spiro atoms. The summed E-state index contributed by atoms with van der Waals surface area (Å²) in [5.74, 6) is -0.261. The first-order valence-corrected chi connectivity index (χ1v) is 4.81. The molecule has 7 nitrogen and oxygen atoms in total. The number of tetrazole rings is 1. The van der Waals surface area contributed by atoms with Gasteiger partial charge in [-0.2, -0.15) is 4.80 Å². The highest BCUT2D eigenvalue weighted by atomic mass is 16.5. The van der Waals surface area contributed by atoms with Crippen LogP contribution < -0.4 is 9.84 Å². The molecular formula is C10H9N4O3-. The number of nitrogens with zero attached hydrogens (tertiary/aromatic N) is 4. The highest BCUT2D eigenvalue weighted by molar-refractivity contribution is 5.63. The topological polar surface area (TPSA) is 93.0 Å². The Morgan fingerprint density at radius 3 is 3.06 bits per heavy atom. The van der Waals surface area contributed by atoms with Crippen LogP contribution in [-0.4, -0.2) is 33.3 Å². The van der Waals surface area contributed by atoms with E-state index in [1.54, 1.807) is 31.4 Å². The van der Waals surface area contributed by atoms with Crippen LogP contribution in [0, 0.1) is 0 Å². The molecule has 0 saturated carbocycles. The first-order valence-electron chi connectivity index (χ1n) is 4.81. The van der Waals surface area contributed by atoms with Crippen LogP contribution in [0.2, 0.25) is 0 Å². The molecule has 0 atom stereocenters. The van der Waals surface area contributed by atoms with E-state index in [9.17, 15) is 9.90 Å². The summed E-state index contributed by atoms with van der Waals surface area (Å²) >= 11 is 0. The standard InChI is InChI=1S/C10H10N4O3/c1-17-8-4-2-3-7(5-8)10-11-13-14(12-10)6-9(15)16/h2-5H,6H2,1H3,(H,15,16)/p-1. The maximum Gasteiger partial charge on any atom is 0.205 e. The fourth-order valence-electron chi connectivity index (χ4n) is 1.30. The maximum absolute atomic E-state index is 10.4. The third-order valence-corrected chi connectivity index (χ3v) is 2.05. The number of methoxy groups -OCH3 is 1.